The summed E-state index contributed by atoms with van der Waals surface area (Å²) in [6.45, 7) is 5.81. The van der Waals surface area contributed by atoms with Crippen LogP contribution in [0.25, 0.3) is 10.6 Å². The van der Waals surface area contributed by atoms with Crippen molar-refractivity contribution in [2.24, 2.45) is 11.7 Å². The third-order valence-corrected chi connectivity index (χ3v) is 5.51. The predicted octanol–water partition coefficient (Wildman–Crippen LogP) is 3.88. The highest BCUT2D eigenvalue weighted by Gasteiger charge is 2.22. The van der Waals surface area contributed by atoms with E-state index in [4.69, 9.17) is 5.73 Å². The number of carbonyl (C=O) groups excluding carboxylic acids is 1. The zero-order chi connectivity index (χ0) is 18.7. The molecule has 6 nitrogen and oxygen atoms in total. The van der Waals surface area contributed by atoms with Gasteiger partial charge in [-0.05, 0) is 36.8 Å². The summed E-state index contributed by atoms with van der Waals surface area (Å²) in [6.07, 6.45) is 3.56. The number of pyridine rings is 2. The average molecular weight is 367 g/mol. The fourth-order valence-corrected chi connectivity index (χ4v) is 3.50. The summed E-state index contributed by atoms with van der Waals surface area (Å²) in [5, 5.41) is 4.10. The maximum absolute atomic E-state index is 11.4. The van der Waals surface area contributed by atoms with Gasteiger partial charge in [0, 0.05) is 24.2 Å². The van der Waals surface area contributed by atoms with Crippen molar-refractivity contribution in [3.63, 3.8) is 0 Å². The first-order valence-electron chi connectivity index (χ1n) is 8.36. The number of nitrogens with one attached hydrogen (secondary N) is 1. The number of nitrogens with zero attached hydrogens (tertiary/aromatic N) is 3. The highest BCUT2D eigenvalue weighted by atomic mass is 32.1. The monoisotopic (exact) mass is 367 g/mol. The summed E-state index contributed by atoms with van der Waals surface area (Å²) in [7, 11) is 0. The van der Waals surface area contributed by atoms with Crippen LogP contribution in [0.15, 0.2) is 42.7 Å². The molecule has 3 rings (SSSR count). The Kier molecular flexibility index (Phi) is 5.27. The van der Waals surface area contributed by atoms with Gasteiger partial charge in [-0.2, -0.15) is 0 Å². The van der Waals surface area contributed by atoms with Gasteiger partial charge in [-0.1, -0.05) is 19.9 Å². The highest BCUT2D eigenvalue weighted by molar-refractivity contribution is 7.15. The zero-order valence-corrected chi connectivity index (χ0v) is 15.7. The minimum Gasteiger partial charge on any atom is -0.369 e. The lowest BCUT2D eigenvalue weighted by molar-refractivity contribution is -0.121. The molecule has 0 saturated carbocycles. The Morgan fingerprint density at radius 2 is 2.00 bits per heavy atom. The van der Waals surface area contributed by atoms with Crippen molar-refractivity contribution in [3.05, 3.63) is 53.3 Å². The first-order valence-corrected chi connectivity index (χ1v) is 9.18. The molecule has 3 aromatic rings. The first kappa shape index (κ1) is 18.0. The normalized spacial score (nSPS) is 13.2. The quantitative estimate of drug-likeness (QED) is 0.689. The van der Waals surface area contributed by atoms with E-state index < -0.39 is 0 Å². The Morgan fingerprint density at radius 3 is 2.73 bits per heavy atom. The number of rotatable bonds is 6. The van der Waals surface area contributed by atoms with E-state index in [1.54, 1.807) is 12.4 Å². The van der Waals surface area contributed by atoms with E-state index in [0.717, 1.165) is 27.0 Å². The Balaban J connectivity index is 1.81. The molecule has 134 valence electrons. The third kappa shape index (κ3) is 4.05. The van der Waals surface area contributed by atoms with Gasteiger partial charge < -0.3 is 11.1 Å². The number of amides is 1. The molecule has 3 heterocycles. The molecule has 3 N–H and O–H groups in total. The number of hydrogen-bond donors (Lipinski definition) is 2. The topological polar surface area (TPSA) is 93.8 Å². The lowest BCUT2D eigenvalue weighted by Crippen LogP contribution is -2.24. The molecular formula is C19H21N5OS. The summed E-state index contributed by atoms with van der Waals surface area (Å²) >= 11 is 1.53. The third-order valence-electron chi connectivity index (χ3n) is 4.29. The molecule has 0 spiro atoms. The number of carbonyl (C=O) groups is 1. The van der Waals surface area contributed by atoms with Crippen LogP contribution in [0.5, 0.6) is 0 Å². The van der Waals surface area contributed by atoms with E-state index >= 15 is 0 Å². The van der Waals surface area contributed by atoms with Crippen molar-refractivity contribution in [1.29, 1.82) is 0 Å². The second-order valence-electron chi connectivity index (χ2n) is 6.29. The van der Waals surface area contributed by atoms with Crippen LogP contribution in [0.2, 0.25) is 0 Å². The van der Waals surface area contributed by atoms with Crippen LogP contribution >= 0.6 is 11.3 Å². The Morgan fingerprint density at radius 1 is 1.19 bits per heavy atom. The molecule has 2 atom stereocenters. The van der Waals surface area contributed by atoms with E-state index in [9.17, 15) is 4.79 Å². The number of primary amides is 1. The lowest BCUT2D eigenvalue weighted by Gasteiger charge is -2.13. The molecule has 0 bridgehead atoms. The van der Waals surface area contributed by atoms with Gasteiger partial charge in [0.2, 0.25) is 5.91 Å². The molecule has 0 aliphatic carbocycles. The van der Waals surface area contributed by atoms with Crippen LogP contribution in [0.4, 0.5) is 11.6 Å². The summed E-state index contributed by atoms with van der Waals surface area (Å²) in [5.74, 6) is 0.869. The molecule has 3 aromatic heterocycles. The lowest BCUT2D eigenvalue weighted by atomic mass is 9.96. The fourth-order valence-electron chi connectivity index (χ4n) is 2.45. The number of anilines is 2. The van der Waals surface area contributed by atoms with Gasteiger partial charge in [-0.3, -0.25) is 4.79 Å². The van der Waals surface area contributed by atoms with E-state index in [-0.39, 0.29) is 17.7 Å². The van der Waals surface area contributed by atoms with E-state index in [2.05, 4.69) is 20.3 Å². The number of nitrogens with two attached hydrogens (primary N) is 1. The average Bonchev–Trinajstić information content (AvgIpc) is 3.11. The fraction of sp³-hybridized carbons (Fsp3) is 0.263. The highest BCUT2D eigenvalue weighted by Crippen LogP contribution is 2.32. The van der Waals surface area contributed by atoms with Crippen LogP contribution in [0, 0.1) is 12.8 Å². The minimum atomic E-state index is -0.316. The molecule has 0 aromatic carbocycles. The second kappa shape index (κ2) is 7.61. The number of hydrogen-bond acceptors (Lipinski definition) is 6. The van der Waals surface area contributed by atoms with Gasteiger partial charge in [-0.15, -0.1) is 11.3 Å². The smallest absolute Gasteiger partial charge is 0.220 e. The molecule has 26 heavy (non-hydrogen) atoms. The van der Waals surface area contributed by atoms with Gasteiger partial charge in [0.25, 0.3) is 0 Å². The SMILES string of the molecule is Cc1ccnc(Nc2cccc(-c3cnc(C(C)C(C)C(N)=O)s3)n2)c1. The van der Waals surface area contributed by atoms with Crippen LogP contribution in [0.1, 0.15) is 30.3 Å². The molecule has 7 heteroatoms. The minimum absolute atomic E-state index is 0.0240. The Labute approximate surface area is 156 Å². The van der Waals surface area contributed by atoms with Crippen LogP contribution in [-0.4, -0.2) is 20.9 Å². The van der Waals surface area contributed by atoms with Gasteiger partial charge in [0.1, 0.15) is 11.6 Å². The summed E-state index contributed by atoms with van der Waals surface area (Å²) < 4.78 is 0. The van der Waals surface area contributed by atoms with Crippen molar-refractivity contribution in [2.75, 3.05) is 5.32 Å². The molecule has 0 fully saturated rings. The van der Waals surface area contributed by atoms with Crippen molar-refractivity contribution in [2.45, 2.75) is 26.7 Å². The van der Waals surface area contributed by atoms with Crippen molar-refractivity contribution >= 4 is 28.9 Å². The summed E-state index contributed by atoms with van der Waals surface area (Å²) in [5.41, 5.74) is 7.36. The first-order chi connectivity index (χ1) is 12.4. The Hall–Kier alpha value is -2.80. The molecule has 0 aliphatic heterocycles. The summed E-state index contributed by atoms with van der Waals surface area (Å²) in [6, 6.07) is 9.69. The predicted molar refractivity (Wildman–Crippen MR) is 104 cm³/mol. The Bertz CT molecular complexity index is 924. The number of aromatic nitrogens is 3. The van der Waals surface area contributed by atoms with Crippen molar-refractivity contribution in [1.82, 2.24) is 15.0 Å². The standard InChI is InChI=1S/C19H21N5OS/c1-11-7-8-21-17(9-11)24-16-6-4-5-14(23-16)15-10-22-19(26-15)13(3)12(2)18(20)25/h4-10,12-13H,1-3H3,(H2,20,25)(H,21,23,24). The molecule has 1 amide bonds. The van der Waals surface area contributed by atoms with Gasteiger partial charge in [0.15, 0.2) is 0 Å². The van der Waals surface area contributed by atoms with E-state index in [0.29, 0.717) is 5.82 Å². The van der Waals surface area contributed by atoms with Crippen LogP contribution < -0.4 is 11.1 Å². The van der Waals surface area contributed by atoms with Gasteiger partial charge >= 0.3 is 0 Å². The molecular weight excluding hydrogens is 346 g/mol. The van der Waals surface area contributed by atoms with Crippen molar-refractivity contribution < 1.29 is 4.79 Å². The molecule has 0 saturated heterocycles. The van der Waals surface area contributed by atoms with Gasteiger partial charge in [-0.25, -0.2) is 15.0 Å². The second-order valence-corrected chi connectivity index (χ2v) is 7.36. The summed E-state index contributed by atoms with van der Waals surface area (Å²) in [4.78, 5) is 25.8. The maximum atomic E-state index is 11.4. The largest absolute Gasteiger partial charge is 0.369 e. The maximum Gasteiger partial charge on any atom is 0.220 e. The van der Waals surface area contributed by atoms with Crippen LogP contribution in [-0.2, 0) is 4.79 Å². The molecule has 2 unspecified atom stereocenters. The number of thiazole rings is 1. The van der Waals surface area contributed by atoms with Gasteiger partial charge in [0.05, 0.1) is 15.6 Å². The molecule has 0 aliphatic rings. The van der Waals surface area contributed by atoms with E-state index in [1.165, 1.54) is 11.3 Å². The molecule has 0 radical (unpaired) electrons. The number of aryl methyl sites for hydroxylation is 1. The van der Waals surface area contributed by atoms with Crippen LogP contribution in [0.3, 0.4) is 0 Å². The van der Waals surface area contributed by atoms with E-state index in [1.807, 2.05) is 51.1 Å². The van der Waals surface area contributed by atoms with Crippen molar-refractivity contribution in [3.8, 4) is 10.6 Å². The zero-order valence-electron chi connectivity index (χ0n) is 14.9.